The van der Waals surface area contributed by atoms with Crippen LogP contribution in [0, 0.1) is 0 Å². The normalized spacial score (nSPS) is 12.6. The van der Waals surface area contributed by atoms with Crippen LogP contribution in [-0.2, 0) is 0 Å². The van der Waals surface area contributed by atoms with E-state index in [-0.39, 0.29) is 5.69 Å². The number of halogens is 5. The second-order valence-corrected chi connectivity index (χ2v) is 2.69. The van der Waals surface area contributed by atoms with Crippen molar-refractivity contribution >= 4 is 5.69 Å². The van der Waals surface area contributed by atoms with Crippen molar-refractivity contribution in [2.24, 2.45) is 0 Å². The van der Waals surface area contributed by atoms with Crippen LogP contribution in [0.4, 0.5) is 27.6 Å². The van der Waals surface area contributed by atoms with Gasteiger partial charge in [0.2, 0.25) is 0 Å². The number of nitrogen functional groups attached to an aromatic ring is 1. The lowest BCUT2D eigenvalue weighted by Gasteiger charge is -2.20. The van der Waals surface area contributed by atoms with Crippen LogP contribution < -0.4 is 10.5 Å². The van der Waals surface area contributed by atoms with E-state index < -0.39 is 18.0 Å². The largest absolute Gasteiger partial charge is 0.499 e. The first-order valence-corrected chi connectivity index (χ1v) is 3.71. The molecule has 0 bridgehead atoms. The van der Waals surface area contributed by atoms with E-state index >= 15 is 0 Å². The first-order chi connectivity index (χ1) is 6.72. The molecule has 0 spiro atoms. The number of alkyl halides is 5. The Morgan fingerprint density at radius 2 is 1.40 bits per heavy atom. The molecule has 1 aromatic rings. The SMILES string of the molecule is Nc1ccc(OC(F)(F)C(F)(F)F)cc1. The number of benzene rings is 1. The van der Waals surface area contributed by atoms with Crippen molar-refractivity contribution in [2.45, 2.75) is 12.3 Å². The highest BCUT2D eigenvalue weighted by atomic mass is 19.4. The lowest BCUT2D eigenvalue weighted by molar-refractivity contribution is -0.360. The van der Waals surface area contributed by atoms with Gasteiger partial charge in [-0.1, -0.05) is 0 Å². The molecular weight excluding hydrogens is 221 g/mol. The Bertz CT molecular complexity index is 332. The van der Waals surface area contributed by atoms with Gasteiger partial charge in [0.1, 0.15) is 5.75 Å². The van der Waals surface area contributed by atoms with Gasteiger partial charge in [-0.05, 0) is 24.3 Å². The van der Waals surface area contributed by atoms with E-state index in [4.69, 9.17) is 5.73 Å². The summed E-state index contributed by atoms with van der Waals surface area (Å²) in [6, 6.07) is 4.16. The van der Waals surface area contributed by atoms with E-state index in [9.17, 15) is 22.0 Å². The van der Waals surface area contributed by atoms with E-state index in [1.807, 2.05) is 0 Å². The van der Waals surface area contributed by atoms with Crippen LogP contribution in [0.1, 0.15) is 0 Å². The molecule has 0 radical (unpaired) electrons. The number of anilines is 1. The predicted molar refractivity (Wildman–Crippen MR) is 42.5 cm³/mol. The van der Waals surface area contributed by atoms with E-state index in [0.717, 1.165) is 24.3 Å². The molecule has 0 atom stereocenters. The van der Waals surface area contributed by atoms with E-state index in [1.54, 1.807) is 0 Å². The van der Waals surface area contributed by atoms with Crippen molar-refractivity contribution in [2.75, 3.05) is 5.73 Å². The van der Waals surface area contributed by atoms with Crippen LogP contribution in [0.5, 0.6) is 5.75 Å². The van der Waals surface area contributed by atoms with Crippen LogP contribution in [0.2, 0.25) is 0 Å². The number of rotatable bonds is 2. The third-order valence-corrected chi connectivity index (χ3v) is 1.46. The zero-order valence-electron chi connectivity index (χ0n) is 7.18. The Morgan fingerprint density at radius 1 is 0.933 bits per heavy atom. The summed E-state index contributed by atoms with van der Waals surface area (Å²) in [5, 5.41) is 0. The summed E-state index contributed by atoms with van der Waals surface area (Å²) >= 11 is 0. The first-order valence-electron chi connectivity index (χ1n) is 3.71. The van der Waals surface area contributed by atoms with Crippen LogP contribution in [-0.4, -0.2) is 12.3 Å². The molecule has 0 aliphatic heterocycles. The summed E-state index contributed by atoms with van der Waals surface area (Å²) in [5.74, 6) is -0.605. The number of hydrogen-bond acceptors (Lipinski definition) is 2. The Balaban J connectivity index is 2.82. The summed E-state index contributed by atoms with van der Waals surface area (Å²) < 4.78 is 63.3. The average Bonchev–Trinajstić information content (AvgIpc) is 2.06. The fraction of sp³-hybridized carbons (Fsp3) is 0.250. The van der Waals surface area contributed by atoms with Crippen LogP contribution in [0.15, 0.2) is 24.3 Å². The first kappa shape index (κ1) is 11.5. The molecule has 1 aromatic carbocycles. The molecule has 0 heterocycles. The minimum Gasteiger partial charge on any atom is -0.426 e. The van der Waals surface area contributed by atoms with Gasteiger partial charge in [-0.3, -0.25) is 0 Å². The van der Waals surface area contributed by atoms with Gasteiger partial charge < -0.3 is 10.5 Å². The maximum absolute atomic E-state index is 12.3. The van der Waals surface area contributed by atoms with Gasteiger partial charge in [0.25, 0.3) is 0 Å². The van der Waals surface area contributed by atoms with Crippen molar-refractivity contribution in [3.63, 3.8) is 0 Å². The summed E-state index contributed by atoms with van der Waals surface area (Å²) in [7, 11) is 0. The van der Waals surface area contributed by atoms with Gasteiger partial charge in [-0.25, -0.2) is 0 Å². The number of hydrogen-bond donors (Lipinski definition) is 1. The molecular formula is C8H6F5NO. The highest BCUT2D eigenvalue weighted by molar-refractivity contribution is 5.41. The highest BCUT2D eigenvalue weighted by Gasteiger charge is 2.61. The van der Waals surface area contributed by atoms with Crippen molar-refractivity contribution in [1.29, 1.82) is 0 Å². The fourth-order valence-electron chi connectivity index (χ4n) is 0.742. The van der Waals surface area contributed by atoms with Gasteiger partial charge >= 0.3 is 12.3 Å². The van der Waals surface area contributed by atoms with Crippen molar-refractivity contribution < 1.29 is 26.7 Å². The molecule has 0 aromatic heterocycles. The van der Waals surface area contributed by atoms with Crippen LogP contribution in [0.25, 0.3) is 0 Å². The smallest absolute Gasteiger partial charge is 0.426 e. The van der Waals surface area contributed by atoms with Crippen molar-refractivity contribution in [3.05, 3.63) is 24.3 Å². The molecule has 0 saturated carbocycles. The van der Waals surface area contributed by atoms with Gasteiger partial charge in [0, 0.05) is 5.69 Å². The minimum absolute atomic E-state index is 0.234. The molecule has 2 nitrogen and oxygen atoms in total. The summed E-state index contributed by atoms with van der Waals surface area (Å²) in [6.07, 6.45) is -10.9. The Labute approximate surface area is 81.4 Å². The summed E-state index contributed by atoms with van der Waals surface area (Å²) in [5.41, 5.74) is 5.44. The molecule has 0 aliphatic carbocycles. The monoisotopic (exact) mass is 227 g/mol. The topological polar surface area (TPSA) is 35.2 Å². The van der Waals surface area contributed by atoms with Crippen LogP contribution >= 0.6 is 0 Å². The molecule has 1 rings (SSSR count). The van der Waals surface area contributed by atoms with E-state index in [0.29, 0.717) is 0 Å². The minimum atomic E-state index is -5.74. The van der Waals surface area contributed by atoms with E-state index in [2.05, 4.69) is 4.74 Å². The second kappa shape index (κ2) is 3.56. The quantitative estimate of drug-likeness (QED) is 0.622. The molecule has 84 valence electrons. The molecule has 0 amide bonds. The van der Waals surface area contributed by atoms with E-state index in [1.165, 1.54) is 0 Å². The zero-order chi connectivity index (χ0) is 11.7. The van der Waals surface area contributed by atoms with Crippen molar-refractivity contribution in [1.82, 2.24) is 0 Å². The van der Waals surface area contributed by atoms with Gasteiger partial charge in [0.15, 0.2) is 0 Å². The molecule has 7 heteroatoms. The maximum atomic E-state index is 12.3. The molecule has 2 N–H and O–H groups in total. The lowest BCUT2D eigenvalue weighted by Crippen LogP contribution is -2.41. The molecule has 0 aliphatic rings. The highest BCUT2D eigenvalue weighted by Crippen LogP contribution is 2.37. The molecule has 0 fully saturated rings. The summed E-state index contributed by atoms with van der Waals surface area (Å²) in [6.45, 7) is 0. The standard InChI is InChI=1S/C8H6F5NO/c9-7(10,11)8(12,13)15-6-3-1-5(14)2-4-6/h1-4H,14H2. The Morgan fingerprint density at radius 3 is 1.80 bits per heavy atom. The Kier molecular flexibility index (Phi) is 2.74. The number of ether oxygens (including phenoxy) is 1. The second-order valence-electron chi connectivity index (χ2n) is 2.69. The third-order valence-electron chi connectivity index (χ3n) is 1.46. The third kappa shape index (κ3) is 2.71. The van der Waals surface area contributed by atoms with Gasteiger partial charge in [0.05, 0.1) is 0 Å². The zero-order valence-corrected chi connectivity index (χ0v) is 7.18. The molecule has 0 unspecified atom stereocenters. The number of nitrogens with two attached hydrogens (primary N) is 1. The fourth-order valence-corrected chi connectivity index (χ4v) is 0.742. The lowest BCUT2D eigenvalue weighted by atomic mass is 10.3. The Hall–Kier alpha value is -1.53. The maximum Gasteiger partial charge on any atom is 0.499 e. The van der Waals surface area contributed by atoms with Crippen molar-refractivity contribution in [3.8, 4) is 5.75 Å². The average molecular weight is 227 g/mol. The van der Waals surface area contributed by atoms with Gasteiger partial charge in [-0.15, -0.1) is 0 Å². The van der Waals surface area contributed by atoms with Gasteiger partial charge in [-0.2, -0.15) is 22.0 Å². The molecule has 15 heavy (non-hydrogen) atoms. The van der Waals surface area contributed by atoms with Crippen LogP contribution in [0.3, 0.4) is 0 Å². The molecule has 0 saturated heterocycles. The summed E-state index contributed by atoms with van der Waals surface area (Å²) in [4.78, 5) is 0. The predicted octanol–water partition coefficient (Wildman–Crippen LogP) is 2.80.